The van der Waals surface area contributed by atoms with Gasteiger partial charge in [0.1, 0.15) is 12.3 Å². The molecule has 11 nitrogen and oxygen atoms in total. The Morgan fingerprint density at radius 1 is 0.977 bits per heavy atom. The van der Waals surface area contributed by atoms with Crippen LogP contribution in [0.3, 0.4) is 0 Å². The maximum atomic E-state index is 13.5. The molecule has 12 heteroatoms. The number of nitrogens with zero attached hydrogens (tertiary/aromatic N) is 4. The monoisotopic (exact) mass is 626 g/mol. The first kappa shape index (κ1) is 32.6. The van der Waals surface area contributed by atoms with Gasteiger partial charge in [-0.25, -0.2) is 4.79 Å². The van der Waals surface area contributed by atoms with Crippen molar-refractivity contribution in [3.8, 4) is 17.7 Å². The summed E-state index contributed by atoms with van der Waals surface area (Å²) in [6, 6.07) is 11.6. The summed E-state index contributed by atoms with van der Waals surface area (Å²) < 4.78 is 6.08. The van der Waals surface area contributed by atoms with E-state index in [4.69, 9.17) is 4.74 Å². The van der Waals surface area contributed by atoms with Gasteiger partial charge >= 0.3 is 22.6 Å². The number of carbonyl (C=O) groups is 4. The molecule has 222 valence electrons. The first-order chi connectivity index (χ1) is 19.7. The van der Waals surface area contributed by atoms with Gasteiger partial charge in [0.25, 0.3) is 17.4 Å². The summed E-state index contributed by atoms with van der Waals surface area (Å²) >= 11 is 0. The second kappa shape index (κ2) is 12.6. The molecule has 43 heavy (non-hydrogen) atoms. The predicted molar refractivity (Wildman–Crippen MR) is 152 cm³/mol. The number of aromatic nitrogens is 1. The number of carbonyl (C=O) groups excluding carboxylic acids is 4. The minimum absolute atomic E-state index is 0. The number of rotatable bonds is 5. The summed E-state index contributed by atoms with van der Waals surface area (Å²) in [4.78, 5) is 65.1. The Kier molecular flexibility index (Phi) is 9.53. The number of amides is 3. The van der Waals surface area contributed by atoms with Gasteiger partial charge in [-0.05, 0) is 57.9 Å². The smallest absolute Gasteiger partial charge is 0.494 e. The maximum absolute atomic E-state index is 13.5. The number of azo groups is 1. The predicted octanol–water partition coefficient (Wildman–Crippen LogP) is 5.35. The topological polar surface area (TPSA) is 148 Å². The van der Waals surface area contributed by atoms with Gasteiger partial charge in [0.05, 0.1) is 22.3 Å². The van der Waals surface area contributed by atoms with Crippen molar-refractivity contribution < 1.29 is 45.5 Å². The van der Waals surface area contributed by atoms with Gasteiger partial charge in [-0.1, -0.05) is 42.2 Å². The summed E-state index contributed by atoms with van der Waals surface area (Å²) in [6.45, 7) is 8.12. The average molecular weight is 627 g/mol. The van der Waals surface area contributed by atoms with Crippen molar-refractivity contribution in [2.75, 3.05) is 0 Å². The number of ether oxygens (including phenoxy) is 1. The molecule has 0 saturated carbocycles. The summed E-state index contributed by atoms with van der Waals surface area (Å²) in [5.41, 5.74) is -1.11. The third-order valence-electron chi connectivity index (χ3n) is 6.37. The molecule has 3 amide bonds. The number of hydrogen-bond donors (Lipinski definition) is 1. The van der Waals surface area contributed by atoms with E-state index in [1.54, 1.807) is 30.3 Å². The number of fused-ring (bicyclic) bond motifs is 1. The Morgan fingerprint density at radius 2 is 1.60 bits per heavy atom. The zero-order chi connectivity index (χ0) is 30.9. The van der Waals surface area contributed by atoms with Crippen LogP contribution in [0.1, 0.15) is 75.5 Å². The molecule has 0 spiro atoms. The van der Waals surface area contributed by atoms with E-state index in [1.807, 2.05) is 20.8 Å². The largest absolute Gasteiger partial charge is 2.00 e. The van der Waals surface area contributed by atoms with Crippen molar-refractivity contribution >= 4 is 35.1 Å². The molecule has 1 N–H and O–H groups in total. The molecule has 0 unspecified atom stereocenters. The van der Waals surface area contributed by atoms with Crippen LogP contribution in [0.2, 0.25) is 0 Å². The van der Waals surface area contributed by atoms with Gasteiger partial charge < -0.3 is 9.84 Å². The van der Waals surface area contributed by atoms with Crippen molar-refractivity contribution in [1.29, 1.82) is 0 Å². The minimum Gasteiger partial charge on any atom is -0.494 e. The first-order valence-corrected chi connectivity index (χ1v) is 12.9. The zero-order valence-corrected chi connectivity index (χ0v) is 25.2. The van der Waals surface area contributed by atoms with Gasteiger partial charge in [-0.2, -0.15) is 4.90 Å². The fourth-order valence-electron chi connectivity index (χ4n) is 4.23. The molecule has 0 bridgehead atoms. The molecule has 0 radical (unpaired) electrons. The summed E-state index contributed by atoms with van der Waals surface area (Å²) in [6.07, 6.45) is -1.16. The van der Waals surface area contributed by atoms with Crippen LogP contribution in [-0.4, -0.2) is 38.3 Å². The molecule has 0 aliphatic carbocycles. The third-order valence-corrected chi connectivity index (χ3v) is 6.37. The van der Waals surface area contributed by atoms with E-state index in [0.717, 1.165) is 4.57 Å². The molecular formula is C31H28N4NiO7+2. The number of hydrogen-bond acceptors (Lipinski definition) is 9. The van der Waals surface area contributed by atoms with Crippen molar-refractivity contribution in [3.63, 3.8) is 0 Å². The Labute approximate surface area is 257 Å². The second-order valence-corrected chi connectivity index (χ2v) is 10.7. The van der Waals surface area contributed by atoms with E-state index in [9.17, 15) is 29.1 Å². The van der Waals surface area contributed by atoms with Crippen LogP contribution in [0.25, 0.3) is 0 Å². The van der Waals surface area contributed by atoms with Crippen LogP contribution in [0.4, 0.5) is 16.2 Å². The van der Waals surface area contributed by atoms with E-state index < -0.39 is 40.5 Å². The van der Waals surface area contributed by atoms with E-state index in [-0.39, 0.29) is 62.3 Å². The number of ketones is 1. The van der Waals surface area contributed by atoms with E-state index in [2.05, 4.69) is 22.1 Å². The molecule has 2 heterocycles. The minimum atomic E-state index is -1.16. The molecule has 4 rings (SSSR count). The normalized spacial score (nSPS) is 12.5. The first-order valence-electron chi connectivity index (χ1n) is 12.9. The molecule has 2 aromatic carbocycles. The average Bonchev–Trinajstić information content (AvgIpc) is 3.19. The quantitative estimate of drug-likeness (QED) is 0.132. The summed E-state index contributed by atoms with van der Waals surface area (Å²) in [5.74, 6) is 3.06. The van der Waals surface area contributed by atoms with Crippen molar-refractivity contribution in [3.05, 3.63) is 86.2 Å². The van der Waals surface area contributed by atoms with Gasteiger partial charge in [-0.3, -0.25) is 23.7 Å². The van der Waals surface area contributed by atoms with Gasteiger partial charge in [0.15, 0.2) is 11.5 Å². The Hall–Kier alpha value is -4.88. The van der Waals surface area contributed by atoms with Crippen LogP contribution in [0, 0.1) is 24.2 Å². The number of Topliss-reactive ketones (excluding diaryl/α,β-unsaturated/α-hetero) is 1. The van der Waals surface area contributed by atoms with E-state index in [0.29, 0.717) is 10.5 Å². The van der Waals surface area contributed by atoms with Crippen LogP contribution < -0.4 is 5.56 Å². The van der Waals surface area contributed by atoms with Crippen LogP contribution in [0.5, 0.6) is 5.88 Å². The van der Waals surface area contributed by atoms with E-state index >= 15 is 0 Å². The molecule has 3 aromatic rings. The molecule has 0 saturated heterocycles. The van der Waals surface area contributed by atoms with Crippen LogP contribution in [-0.2, 0) is 34.9 Å². The third kappa shape index (κ3) is 6.47. The Balaban J connectivity index is 0.00000506. The number of aromatic hydroxyl groups is 1. The van der Waals surface area contributed by atoms with Crippen molar-refractivity contribution in [2.45, 2.75) is 41.2 Å². The van der Waals surface area contributed by atoms with E-state index in [1.165, 1.54) is 33.0 Å². The van der Waals surface area contributed by atoms with Gasteiger partial charge in [0.2, 0.25) is 5.88 Å². The molecule has 0 fully saturated rings. The second-order valence-electron chi connectivity index (χ2n) is 10.7. The maximum Gasteiger partial charge on any atom is 2.00 e. The summed E-state index contributed by atoms with van der Waals surface area (Å²) in [5, 5.41) is 18.6. The molecule has 1 aromatic heterocycles. The summed E-state index contributed by atoms with van der Waals surface area (Å²) in [7, 11) is 1.27. The van der Waals surface area contributed by atoms with Gasteiger partial charge in [-0.15, -0.1) is 10.2 Å². The Bertz CT molecular complexity index is 1810. The molecule has 1 aliphatic heterocycles. The Morgan fingerprint density at radius 3 is 2.21 bits per heavy atom. The molecule has 0 atom stereocenters. The van der Waals surface area contributed by atoms with Crippen molar-refractivity contribution in [1.82, 2.24) is 9.47 Å². The fourth-order valence-corrected chi connectivity index (χ4v) is 4.23. The SMILES string of the molecule is CC(=O)c1c(C)c(N=Nc2c(C#CC(C)(C)C)ccc3c2C(=O)N(C(=O)OCc2ccccc2)C3=O)c(=O)n(C)c1O.[Ni+2]. The zero-order valence-electron chi connectivity index (χ0n) is 24.3. The van der Waals surface area contributed by atoms with Gasteiger partial charge in [0, 0.05) is 12.5 Å². The van der Waals surface area contributed by atoms with Crippen molar-refractivity contribution in [2.24, 2.45) is 22.7 Å². The fraction of sp³-hybridized carbons (Fsp3) is 0.258. The number of imide groups is 3. The standard InChI is InChI=1S/C31H28N4O7.Ni/c1-17-22(18(2)36)27(38)34(6)29(40)24(17)32-33-25-20(14-15-31(3,4)5)12-13-21-23(25)28(39)35(26(21)37)30(41)42-16-19-10-8-7-9-11-19;/h7-13,38H,16H2,1-6H3;/q;+2. The molecular weight excluding hydrogens is 599 g/mol. The number of benzene rings is 2. The number of pyridine rings is 1. The van der Waals surface area contributed by atoms with Crippen LogP contribution >= 0.6 is 0 Å². The van der Waals surface area contributed by atoms with Crippen LogP contribution in [0.15, 0.2) is 57.5 Å². The molecule has 1 aliphatic rings.